The highest BCUT2D eigenvalue weighted by molar-refractivity contribution is 5.99. The van der Waals surface area contributed by atoms with Gasteiger partial charge in [-0.3, -0.25) is 15.0 Å². The van der Waals surface area contributed by atoms with Gasteiger partial charge in [0.1, 0.15) is 5.75 Å². The van der Waals surface area contributed by atoms with E-state index < -0.39 is 0 Å². The normalized spacial score (nSPS) is 10.3. The summed E-state index contributed by atoms with van der Waals surface area (Å²) in [6, 6.07) is 12.5. The molecule has 0 saturated carbocycles. The molecule has 0 aliphatic carbocycles. The second-order valence-corrected chi connectivity index (χ2v) is 5.38. The Hall–Kier alpha value is -3.35. The average Bonchev–Trinajstić information content (AvgIpc) is 3.08. The van der Waals surface area contributed by atoms with Gasteiger partial charge >= 0.3 is 6.03 Å². The monoisotopic (exact) mass is 337 g/mol. The Morgan fingerprint density at radius 3 is 2.80 bits per heavy atom. The van der Waals surface area contributed by atoms with Crippen molar-refractivity contribution in [2.75, 3.05) is 17.7 Å². The van der Waals surface area contributed by atoms with E-state index in [9.17, 15) is 4.79 Å². The van der Waals surface area contributed by atoms with Crippen LogP contribution >= 0.6 is 0 Å². The fourth-order valence-electron chi connectivity index (χ4n) is 2.33. The molecule has 7 heteroatoms. The Bertz CT molecular complexity index is 832. The highest BCUT2D eigenvalue weighted by atomic mass is 16.5. The Morgan fingerprint density at radius 1 is 1.16 bits per heavy atom. The molecule has 0 atom stereocenters. The van der Waals surface area contributed by atoms with E-state index in [1.807, 2.05) is 30.5 Å². The number of aromatic nitrogens is 3. The molecule has 3 rings (SSSR count). The maximum absolute atomic E-state index is 12.1. The molecule has 25 heavy (non-hydrogen) atoms. The molecule has 0 unspecified atom stereocenters. The second kappa shape index (κ2) is 7.96. The second-order valence-electron chi connectivity index (χ2n) is 5.38. The van der Waals surface area contributed by atoms with E-state index in [1.165, 1.54) is 5.56 Å². The molecule has 3 aromatic rings. The van der Waals surface area contributed by atoms with Gasteiger partial charge in [0, 0.05) is 43.0 Å². The summed E-state index contributed by atoms with van der Waals surface area (Å²) in [6.07, 6.45) is 6.23. The summed E-state index contributed by atoms with van der Waals surface area (Å²) in [4.78, 5) is 16.0. The van der Waals surface area contributed by atoms with Crippen molar-refractivity contribution in [3.05, 3.63) is 66.6 Å². The number of hydrogen-bond donors (Lipinski definition) is 2. The van der Waals surface area contributed by atoms with Crippen molar-refractivity contribution in [1.82, 2.24) is 14.8 Å². The third-order valence-corrected chi connectivity index (χ3v) is 3.59. The van der Waals surface area contributed by atoms with E-state index in [4.69, 9.17) is 4.74 Å². The quantitative estimate of drug-likeness (QED) is 0.724. The lowest BCUT2D eigenvalue weighted by Gasteiger charge is -2.07. The third-order valence-electron chi connectivity index (χ3n) is 3.59. The van der Waals surface area contributed by atoms with Crippen molar-refractivity contribution in [3.63, 3.8) is 0 Å². The van der Waals surface area contributed by atoms with Gasteiger partial charge in [-0.1, -0.05) is 6.07 Å². The van der Waals surface area contributed by atoms with Crippen LogP contribution in [0.2, 0.25) is 0 Å². The molecule has 2 heterocycles. The van der Waals surface area contributed by atoms with Crippen LogP contribution in [0.25, 0.3) is 0 Å². The van der Waals surface area contributed by atoms with E-state index in [0.717, 1.165) is 13.0 Å². The van der Waals surface area contributed by atoms with Crippen molar-refractivity contribution in [2.24, 2.45) is 0 Å². The maximum atomic E-state index is 12.1. The number of pyridine rings is 1. The molecule has 128 valence electrons. The Labute approximate surface area is 145 Å². The van der Waals surface area contributed by atoms with E-state index in [-0.39, 0.29) is 6.03 Å². The Kier molecular flexibility index (Phi) is 5.26. The number of aryl methyl sites for hydroxylation is 2. The van der Waals surface area contributed by atoms with Crippen LogP contribution in [-0.4, -0.2) is 27.9 Å². The predicted molar refractivity (Wildman–Crippen MR) is 95.8 cm³/mol. The average molecular weight is 337 g/mol. The summed E-state index contributed by atoms with van der Waals surface area (Å²) in [5, 5.41) is 9.80. The molecule has 2 amide bonds. The lowest BCUT2D eigenvalue weighted by atomic mass is 10.2. The first-order chi connectivity index (χ1) is 12.2. The molecule has 0 spiro atoms. The molecular weight excluding hydrogens is 318 g/mol. The van der Waals surface area contributed by atoms with Crippen LogP contribution in [0.1, 0.15) is 5.56 Å². The maximum Gasteiger partial charge on any atom is 0.324 e. The Morgan fingerprint density at radius 2 is 2.00 bits per heavy atom. The van der Waals surface area contributed by atoms with Crippen LogP contribution in [0.5, 0.6) is 5.75 Å². The van der Waals surface area contributed by atoms with Gasteiger partial charge in [-0.15, -0.1) is 0 Å². The summed E-state index contributed by atoms with van der Waals surface area (Å²) in [5.41, 5.74) is 1.84. The van der Waals surface area contributed by atoms with Crippen LogP contribution < -0.4 is 15.4 Å². The van der Waals surface area contributed by atoms with Crippen molar-refractivity contribution >= 4 is 17.5 Å². The summed E-state index contributed by atoms with van der Waals surface area (Å²) < 4.78 is 6.92. The summed E-state index contributed by atoms with van der Waals surface area (Å²) in [7, 11) is 1.58. The predicted octanol–water partition coefficient (Wildman–Crippen LogP) is 3.17. The molecule has 1 aromatic carbocycles. The van der Waals surface area contributed by atoms with Gasteiger partial charge in [-0.2, -0.15) is 5.10 Å². The SMILES string of the molecule is COc1cccc(NC(=O)Nc2ccn(CCc3ccncc3)n2)c1. The first-order valence-corrected chi connectivity index (χ1v) is 7.87. The number of hydrogen-bond acceptors (Lipinski definition) is 4. The van der Waals surface area contributed by atoms with Crippen LogP contribution in [-0.2, 0) is 13.0 Å². The van der Waals surface area contributed by atoms with Gasteiger partial charge in [-0.25, -0.2) is 4.79 Å². The third kappa shape index (κ3) is 4.81. The minimum absolute atomic E-state index is 0.354. The van der Waals surface area contributed by atoms with Crippen LogP contribution in [0.4, 0.5) is 16.3 Å². The number of nitrogens with one attached hydrogen (secondary N) is 2. The van der Waals surface area contributed by atoms with Crippen molar-refractivity contribution in [2.45, 2.75) is 13.0 Å². The van der Waals surface area contributed by atoms with E-state index in [2.05, 4.69) is 20.7 Å². The van der Waals surface area contributed by atoms with Gasteiger partial charge in [-0.05, 0) is 36.2 Å². The van der Waals surface area contributed by atoms with Gasteiger partial charge in [0.25, 0.3) is 0 Å². The summed E-state index contributed by atoms with van der Waals surface area (Å²) in [5.74, 6) is 1.17. The molecule has 7 nitrogen and oxygen atoms in total. The molecule has 0 saturated heterocycles. The molecule has 2 N–H and O–H groups in total. The standard InChI is InChI=1S/C18H19N5O2/c1-25-16-4-2-3-15(13-16)20-18(24)21-17-8-12-23(22-17)11-7-14-5-9-19-10-6-14/h2-6,8-10,12-13H,7,11H2,1H3,(H2,20,21,22,24). The minimum atomic E-state index is -0.354. The molecular formula is C18H19N5O2. The van der Waals surface area contributed by atoms with Crippen LogP contribution in [0.3, 0.4) is 0 Å². The number of amides is 2. The topological polar surface area (TPSA) is 81.1 Å². The lowest BCUT2D eigenvalue weighted by Crippen LogP contribution is -2.20. The van der Waals surface area contributed by atoms with Crippen molar-refractivity contribution < 1.29 is 9.53 Å². The lowest BCUT2D eigenvalue weighted by molar-refractivity contribution is 0.262. The number of carbonyl (C=O) groups is 1. The van der Waals surface area contributed by atoms with E-state index in [0.29, 0.717) is 17.3 Å². The number of methoxy groups -OCH3 is 1. The number of ether oxygens (including phenoxy) is 1. The molecule has 0 bridgehead atoms. The number of rotatable bonds is 6. The first-order valence-electron chi connectivity index (χ1n) is 7.87. The molecule has 0 aliphatic rings. The smallest absolute Gasteiger partial charge is 0.324 e. The fraction of sp³-hybridized carbons (Fsp3) is 0.167. The van der Waals surface area contributed by atoms with Crippen molar-refractivity contribution in [3.8, 4) is 5.75 Å². The number of benzene rings is 1. The summed E-state index contributed by atoms with van der Waals surface area (Å²) in [6.45, 7) is 0.725. The highest BCUT2D eigenvalue weighted by Gasteiger charge is 2.06. The zero-order valence-electron chi connectivity index (χ0n) is 13.8. The molecule has 0 fully saturated rings. The zero-order chi connectivity index (χ0) is 17.5. The van der Waals surface area contributed by atoms with Crippen LogP contribution in [0, 0.1) is 0 Å². The zero-order valence-corrected chi connectivity index (χ0v) is 13.8. The van der Waals surface area contributed by atoms with Gasteiger partial charge in [0.05, 0.1) is 7.11 Å². The Balaban J connectivity index is 1.52. The molecule has 2 aromatic heterocycles. The van der Waals surface area contributed by atoms with E-state index >= 15 is 0 Å². The highest BCUT2D eigenvalue weighted by Crippen LogP contribution is 2.17. The van der Waals surface area contributed by atoms with E-state index in [1.54, 1.807) is 42.4 Å². The number of nitrogens with zero attached hydrogens (tertiary/aromatic N) is 3. The van der Waals surface area contributed by atoms with Crippen LogP contribution in [0.15, 0.2) is 61.1 Å². The molecule has 0 radical (unpaired) electrons. The fourth-order valence-corrected chi connectivity index (χ4v) is 2.33. The number of carbonyl (C=O) groups excluding carboxylic acids is 1. The largest absolute Gasteiger partial charge is 0.497 e. The summed E-state index contributed by atoms with van der Waals surface area (Å²) >= 11 is 0. The van der Waals surface area contributed by atoms with Gasteiger partial charge in [0.15, 0.2) is 5.82 Å². The number of urea groups is 1. The van der Waals surface area contributed by atoms with Crippen molar-refractivity contribution in [1.29, 1.82) is 0 Å². The first kappa shape index (κ1) is 16.5. The van der Waals surface area contributed by atoms with Gasteiger partial charge < -0.3 is 10.1 Å². The van der Waals surface area contributed by atoms with Gasteiger partial charge in [0.2, 0.25) is 0 Å². The minimum Gasteiger partial charge on any atom is -0.497 e. The number of anilines is 2. The molecule has 0 aliphatic heterocycles.